The van der Waals surface area contributed by atoms with E-state index in [4.69, 9.17) is 16.3 Å². The predicted octanol–water partition coefficient (Wildman–Crippen LogP) is 2.68. The van der Waals surface area contributed by atoms with Gasteiger partial charge in [-0.05, 0) is 30.9 Å². The summed E-state index contributed by atoms with van der Waals surface area (Å²) in [5.74, 6) is 0. The Hall–Kier alpha value is -0.610. The Morgan fingerprint density at radius 1 is 1.10 bits per heavy atom. The third kappa shape index (κ3) is 4.43. The highest BCUT2D eigenvalue weighted by Crippen LogP contribution is 2.17. The van der Waals surface area contributed by atoms with Crippen molar-refractivity contribution >= 4 is 11.6 Å². The Morgan fingerprint density at radius 2 is 1.86 bits per heavy atom. The average Bonchev–Trinajstić information content (AvgIpc) is 3.01. The molecule has 4 heteroatoms. The van der Waals surface area contributed by atoms with Crippen molar-refractivity contribution in [3.63, 3.8) is 0 Å². The second-order valence-electron chi connectivity index (χ2n) is 6.12. The number of hydrogen-bond donors (Lipinski definition) is 0. The quantitative estimate of drug-likeness (QED) is 0.832. The number of nitrogens with zero attached hydrogens (tertiary/aromatic N) is 2. The third-order valence-electron chi connectivity index (χ3n) is 4.61. The first kappa shape index (κ1) is 15.3. The van der Waals surface area contributed by atoms with E-state index in [1.807, 2.05) is 12.1 Å². The van der Waals surface area contributed by atoms with Gasteiger partial charge in [-0.15, -0.1) is 0 Å². The number of rotatable bonds is 5. The molecule has 0 saturated carbocycles. The Labute approximate surface area is 132 Å². The first-order valence-electron chi connectivity index (χ1n) is 8.11. The van der Waals surface area contributed by atoms with Crippen molar-refractivity contribution in [2.45, 2.75) is 25.4 Å². The number of piperazine rings is 1. The van der Waals surface area contributed by atoms with E-state index >= 15 is 0 Å². The topological polar surface area (TPSA) is 15.7 Å². The summed E-state index contributed by atoms with van der Waals surface area (Å²) in [7, 11) is 0. The van der Waals surface area contributed by atoms with Crippen molar-refractivity contribution in [2.75, 3.05) is 45.9 Å². The van der Waals surface area contributed by atoms with Gasteiger partial charge in [0, 0.05) is 50.9 Å². The summed E-state index contributed by atoms with van der Waals surface area (Å²) in [6.07, 6.45) is 4.01. The molecule has 3 nitrogen and oxygen atoms in total. The Bertz CT molecular complexity index is 440. The lowest BCUT2D eigenvalue weighted by Gasteiger charge is -2.35. The van der Waals surface area contributed by atoms with E-state index in [9.17, 15) is 0 Å². The molecule has 2 fully saturated rings. The van der Waals surface area contributed by atoms with Crippen LogP contribution in [0.3, 0.4) is 0 Å². The second kappa shape index (κ2) is 7.59. The summed E-state index contributed by atoms with van der Waals surface area (Å²) >= 11 is 6.22. The Balaban J connectivity index is 1.38. The lowest BCUT2D eigenvalue weighted by Crippen LogP contribution is -2.48. The molecule has 1 aromatic carbocycles. The van der Waals surface area contributed by atoms with Crippen molar-refractivity contribution in [3.05, 3.63) is 34.9 Å². The molecule has 0 radical (unpaired) electrons. The molecular formula is C17H25ClN2O. The highest BCUT2D eigenvalue weighted by molar-refractivity contribution is 6.31. The van der Waals surface area contributed by atoms with E-state index < -0.39 is 0 Å². The Kier molecular flexibility index (Phi) is 5.53. The van der Waals surface area contributed by atoms with Crippen LogP contribution in [-0.2, 0) is 11.2 Å². The summed E-state index contributed by atoms with van der Waals surface area (Å²) in [5.41, 5.74) is 1.26. The molecule has 1 aromatic rings. The zero-order valence-corrected chi connectivity index (χ0v) is 13.4. The summed E-state index contributed by atoms with van der Waals surface area (Å²) < 4.78 is 5.73. The van der Waals surface area contributed by atoms with Gasteiger partial charge in [0.05, 0.1) is 6.10 Å². The summed E-state index contributed by atoms with van der Waals surface area (Å²) in [5, 5.41) is 0.898. The number of hydrogen-bond acceptors (Lipinski definition) is 3. The molecule has 116 valence electrons. The normalized spacial score (nSPS) is 24.5. The molecule has 2 heterocycles. The minimum Gasteiger partial charge on any atom is -0.377 e. The molecule has 2 saturated heterocycles. The first-order valence-corrected chi connectivity index (χ1v) is 8.49. The van der Waals surface area contributed by atoms with Gasteiger partial charge in [0.15, 0.2) is 0 Å². The van der Waals surface area contributed by atoms with Crippen LogP contribution in [-0.4, -0.2) is 61.8 Å². The number of benzene rings is 1. The molecule has 0 unspecified atom stereocenters. The molecule has 0 bridgehead atoms. The SMILES string of the molecule is Clc1ccccc1CCN1CCN(C[C@H]2CCCO2)CC1. The van der Waals surface area contributed by atoms with Crippen LogP contribution in [0.15, 0.2) is 24.3 Å². The van der Waals surface area contributed by atoms with E-state index in [1.165, 1.54) is 31.5 Å². The fourth-order valence-electron chi connectivity index (χ4n) is 3.25. The molecule has 0 amide bonds. The molecular weight excluding hydrogens is 284 g/mol. The van der Waals surface area contributed by atoms with Crippen molar-refractivity contribution in [2.24, 2.45) is 0 Å². The molecule has 0 N–H and O–H groups in total. The van der Waals surface area contributed by atoms with Gasteiger partial charge in [-0.1, -0.05) is 29.8 Å². The zero-order chi connectivity index (χ0) is 14.5. The maximum Gasteiger partial charge on any atom is 0.0702 e. The molecule has 2 aliphatic rings. The van der Waals surface area contributed by atoms with Gasteiger partial charge in [-0.25, -0.2) is 0 Å². The first-order chi connectivity index (χ1) is 10.3. The minimum absolute atomic E-state index is 0.486. The van der Waals surface area contributed by atoms with E-state index in [0.29, 0.717) is 6.10 Å². The van der Waals surface area contributed by atoms with Gasteiger partial charge in [0.2, 0.25) is 0 Å². The van der Waals surface area contributed by atoms with Crippen LogP contribution in [0.5, 0.6) is 0 Å². The van der Waals surface area contributed by atoms with Gasteiger partial charge in [-0.3, -0.25) is 4.90 Å². The molecule has 0 aliphatic carbocycles. The van der Waals surface area contributed by atoms with Gasteiger partial charge in [0.1, 0.15) is 0 Å². The molecule has 0 spiro atoms. The highest BCUT2D eigenvalue weighted by atomic mass is 35.5. The van der Waals surface area contributed by atoms with E-state index in [1.54, 1.807) is 0 Å². The summed E-state index contributed by atoms with van der Waals surface area (Å²) in [4.78, 5) is 5.11. The molecule has 1 atom stereocenters. The van der Waals surface area contributed by atoms with Crippen molar-refractivity contribution in [3.8, 4) is 0 Å². The van der Waals surface area contributed by atoms with Gasteiger partial charge < -0.3 is 9.64 Å². The van der Waals surface area contributed by atoms with E-state index in [0.717, 1.165) is 44.2 Å². The van der Waals surface area contributed by atoms with Crippen molar-refractivity contribution < 1.29 is 4.74 Å². The average molecular weight is 309 g/mol. The summed E-state index contributed by atoms with van der Waals surface area (Å²) in [6.45, 7) is 7.86. The molecule has 2 aliphatic heterocycles. The maximum absolute atomic E-state index is 6.22. The van der Waals surface area contributed by atoms with E-state index in [2.05, 4.69) is 21.9 Å². The largest absolute Gasteiger partial charge is 0.377 e. The second-order valence-corrected chi connectivity index (χ2v) is 6.53. The zero-order valence-electron chi connectivity index (χ0n) is 12.6. The molecule has 0 aromatic heterocycles. The van der Waals surface area contributed by atoms with Crippen LogP contribution in [0.4, 0.5) is 0 Å². The van der Waals surface area contributed by atoms with Crippen LogP contribution in [0.1, 0.15) is 18.4 Å². The fourth-order valence-corrected chi connectivity index (χ4v) is 3.48. The Morgan fingerprint density at radius 3 is 2.57 bits per heavy atom. The summed E-state index contributed by atoms with van der Waals surface area (Å²) in [6, 6.07) is 8.18. The van der Waals surface area contributed by atoms with Crippen LogP contribution in [0.25, 0.3) is 0 Å². The van der Waals surface area contributed by atoms with Crippen LogP contribution >= 0.6 is 11.6 Å². The standard InChI is InChI=1S/C17H25ClN2O/c18-17-6-2-1-4-15(17)7-8-19-9-11-20(12-10-19)14-16-5-3-13-21-16/h1-2,4,6,16H,3,5,7-14H2/t16-/m1/s1. The van der Waals surface area contributed by atoms with Crippen LogP contribution in [0.2, 0.25) is 5.02 Å². The fraction of sp³-hybridized carbons (Fsp3) is 0.647. The van der Waals surface area contributed by atoms with Crippen molar-refractivity contribution in [1.29, 1.82) is 0 Å². The monoisotopic (exact) mass is 308 g/mol. The van der Waals surface area contributed by atoms with Gasteiger partial charge >= 0.3 is 0 Å². The van der Waals surface area contributed by atoms with Crippen LogP contribution in [0, 0.1) is 0 Å². The lowest BCUT2D eigenvalue weighted by atomic mass is 10.1. The van der Waals surface area contributed by atoms with Gasteiger partial charge in [-0.2, -0.15) is 0 Å². The van der Waals surface area contributed by atoms with Crippen LogP contribution < -0.4 is 0 Å². The number of ether oxygens (including phenoxy) is 1. The lowest BCUT2D eigenvalue weighted by molar-refractivity contribution is 0.0507. The molecule has 21 heavy (non-hydrogen) atoms. The third-order valence-corrected chi connectivity index (χ3v) is 4.97. The smallest absolute Gasteiger partial charge is 0.0702 e. The van der Waals surface area contributed by atoms with E-state index in [-0.39, 0.29) is 0 Å². The highest BCUT2D eigenvalue weighted by Gasteiger charge is 2.22. The maximum atomic E-state index is 6.22. The molecule has 3 rings (SSSR count). The van der Waals surface area contributed by atoms with Crippen molar-refractivity contribution in [1.82, 2.24) is 9.80 Å². The van der Waals surface area contributed by atoms with Gasteiger partial charge in [0.25, 0.3) is 0 Å². The minimum atomic E-state index is 0.486. The number of halogens is 1. The predicted molar refractivity (Wildman–Crippen MR) is 87.0 cm³/mol.